The van der Waals surface area contributed by atoms with Crippen molar-refractivity contribution >= 4 is 33.5 Å². The molecule has 1 amide bonds. The fraction of sp³-hybridized carbons (Fsp3) is 0.167. The van der Waals surface area contributed by atoms with E-state index in [4.69, 9.17) is 14.2 Å². The van der Waals surface area contributed by atoms with E-state index in [1.54, 1.807) is 30.3 Å². The molecule has 0 unspecified atom stereocenters. The van der Waals surface area contributed by atoms with E-state index in [2.05, 4.69) is 15.9 Å². The summed E-state index contributed by atoms with van der Waals surface area (Å²) in [6, 6.07) is 15.9. The van der Waals surface area contributed by atoms with Crippen molar-refractivity contribution in [3.8, 4) is 23.0 Å². The molecule has 0 N–H and O–H groups in total. The van der Waals surface area contributed by atoms with Crippen LogP contribution in [0.4, 0.5) is 10.1 Å². The highest BCUT2D eigenvalue weighted by molar-refractivity contribution is 9.10. The second kappa shape index (κ2) is 10.3. The molecule has 0 saturated heterocycles. The van der Waals surface area contributed by atoms with Crippen LogP contribution >= 0.6 is 15.9 Å². The standard InChI is InChI=1S/C24H21BrFNO5/c1-15(28)27(14-17-12-21(30-3)9-11-23(17)31-16(2)29)22-13-19(26)6-10-24(22)32-20-7-4-18(25)5-8-20/h4-13H,14H2,1-3H3. The lowest BCUT2D eigenvalue weighted by molar-refractivity contribution is -0.131. The second-order valence-corrected chi connectivity index (χ2v) is 7.76. The Morgan fingerprint density at radius 2 is 1.59 bits per heavy atom. The topological polar surface area (TPSA) is 65.1 Å². The van der Waals surface area contributed by atoms with E-state index in [1.807, 2.05) is 12.1 Å². The minimum absolute atomic E-state index is 0.00466. The summed E-state index contributed by atoms with van der Waals surface area (Å²) in [4.78, 5) is 25.5. The Labute approximate surface area is 193 Å². The molecule has 32 heavy (non-hydrogen) atoms. The van der Waals surface area contributed by atoms with E-state index in [1.165, 1.54) is 44.1 Å². The van der Waals surface area contributed by atoms with Crippen LogP contribution in [-0.4, -0.2) is 19.0 Å². The van der Waals surface area contributed by atoms with Crippen LogP contribution in [0.3, 0.4) is 0 Å². The third kappa shape index (κ3) is 5.85. The maximum absolute atomic E-state index is 14.2. The number of carbonyl (C=O) groups excluding carboxylic acids is 2. The van der Waals surface area contributed by atoms with Crippen LogP contribution < -0.4 is 19.1 Å². The van der Waals surface area contributed by atoms with Crippen molar-refractivity contribution in [2.45, 2.75) is 20.4 Å². The van der Waals surface area contributed by atoms with Gasteiger partial charge >= 0.3 is 5.97 Å². The van der Waals surface area contributed by atoms with Crippen molar-refractivity contribution in [2.75, 3.05) is 12.0 Å². The van der Waals surface area contributed by atoms with E-state index in [9.17, 15) is 14.0 Å². The van der Waals surface area contributed by atoms with Gasteiger partial charge in [0.15, 0.2) is 5.75 Å². The van der Waals surface area contributed by atoms with Crippen LogP contribution in [0.2, 0.25) is 0 Å². The fourth-order valence-corrected chi connectivity index (χ4v) is 3.28. The van der Waals surface area contributed by atoms with Crippen LogP contribution in [-0.2, 0) is 16.1 Å². The predicted octanol–water partition coefficient (Wildman–Crippen LogP) is 5.87. The lowest BCUT2D eigenvalue weighted by atomic mass is 10.1. The number of halogens is 2. The average Bonchev–Trinajstić information content (AvgIpc) is 2.75. The lowest BCUT2D eigenvalue weighted by Crippen LogP contribution is -2.28. The molecule has 0 aliphatic rings. The van der Waals surface area contributed by atoms with Gasteiger partial charge in [0, 0.05) is 30.0 Å². The maximum atomic E-state index is 14.2. The summed E-state index contributed by atoms with van der Waals surface area (Å²) in [6.45, 7) is 2.64. The summed E-state index contributed by atoms with van der Waals surface area (Å²) in [7, 11) is 1.50. The van der Waals surface area contributed by atoms with E-state index in [0.717, 1.165) is 4.47 Å². The molecule has 0 saturated carbocycles. The summed E-state index contributed by atoms with van der Waals surface area (Å²) >= 11 is 3.37. The van der Waals surface area contributed by atoms with E-state index >= 15 is 0 Å². The quantitative estimate of drug-likeness (QED) is 0.299. The molecule has 3 aromatic rings. The maximum Gasteiger partial charge on any atom is 0.308 e. The van der Waals surface area contributed by atoms with Crippen molar-refractivity contribution < 1.29 is 28.2 Å². The minimum atomic E-state index is -0.528. The first-order valence-corrected chi connectivity index (χ1v) is 10.4. The van der Waals surface area contributed by atoms with Crippen molar-refractivity contribution in [2.24, 2.45) is 0 Å². The summed E-state index contributed by atoms with van der Waals surface area (Å²) in [5, 5.41) is 0. The molecule has 6 nitrogen and oxygen atoms in total. The number of nitrogens with zero attached hydrogens (tertiary/aromatic N) is 1. The number of benzene rings is 3. The first-order chi connectivity index (χ1) is 15.3. The van der Waals surface area contributed by atoms with Crippen LogP contribution in [0, 0.1) is 5.82 Å². The smallest absolute Gasteiger partial charge is 0.308 e. The predicted molar refractivity (Wildman–Crippen MR) is 122 cm³/mol. The molecule has 0 aromatic heterocycles. The summed E-state index contributed by atoms with van der Waals surface area (Å²) in [6.07, 6.45) is 0. The van der Waals surface area contributed by atoms with Gasteiger partial charge in [0.05, 0.1) is 19.3 Å². The average molecular weight is 502 g/mol. The Balaban J connectivity index is 2.02. The van der Waals surface area contributed by atoms with Gasteiger partial charge in [-0.1, -0.05) is 15.9 Å². The molecule has 0 aliphatic carbocycles. The third-order valence-corrected chi connectivity index (χ3v) is 5.01. The van der Waals surface area contributed by atoms with Crippen LogP contribution in [0.25, 0.3) is 0 Å². The number of ether oxygens (including phenoxy) is 3. The molecule has 0 heterocycles. The zero-order valence-electron chi connectivity index (χ0n) is 17.7. The lowest BCUT2D eigenvalue weighted by Gasteiger charge is -2.25. The Morgan fingerprint density at radius 1 is 0.938 bits per heavy atom. The summed E-state index contributed by atoms with van der Waals surface area (Å²) in [5.41, 5.74) is 0.741. The first kappa shape index (κ1) is 23.3. The largest absolute Gasteiger partial charge is 0.497 e. The molecular formula is C24H21BrFNO5. The number of esters is 1. The van der Waals surface area contributed by atoms with E-state index in [0.29, 0.717) is 22.8 Å². The highest BCUT2D eigenvalue weighted by Crippen LogP contribution is 2.36. The van der Waals surface area contributed by atoms with E-state index in [-0.39, 0.29) is 23.9 Å². The molecule has 0 aliphatic heterocycles. The molecule has 0 atom stereocenters. The monoisotopic (exact) mass is 501 g/mol. The van der Waals surface area contributed by atoms with Crippen LogP contribution in [0.5, 0.6) is 23.0 Å². The molecular weight excluding hydrogens is 481 g/mol. The second-order valence-electron chi connectivity index (χ2n) is 6.84. The molecule has 3 rings (SSSR count). The number of amides is 1. The summed E-state index contributed by atoms with van der Waals surface area (Å²) < 4.78 is 31.5. The van der Waals surface area contributed by atoms with Gasteiger partial charge in [-0.2, -0.15) is 0 Å². The highest BCUT2D eigenvalue weighted by Gasteiger charge is 2.21. The van der Waals surface area contributed by atoms with Crippen molar-refractivity contribution in [3.63, 3.8) is 0 Å². The van der Waals surface area contributed by atoms with Crippen molar-refractivity contribution in [1.82, 2.24) is 0 Å². The van der Waals surface area contributed by atoms with Gasteiger partial charge in [-0.05, 0) is 54.6 Å². The zero-order valence-corrected chi connectivity index (χ0v) is 19.3. The normalized spacial score (nSPS) is 10.4. The SMILES string of the molecule is COc1ccc(OC(C)=O)c(CN(C(C)=O)c2cc(F)ccc2Oc2ccc(Br)cc2)c1. The molecule has 0 spiro atoms. The highest BCUT2D eigenvalue weighted by atomic mass is 79.9. The fourth-order valence-electron chi connectivity index (χ4n) is 3.01. The number of hydrogen-bond acceptors (Lipinski definition) is 5. The van der Waals surface area contributed by atoms with Gasteiger partial charge in [-0.15, -0.1) is 0 Å². The Hall–Kier alpha value is -3.39. The number of hydrogen-bond donors (Lipinski definition) is 0. The van der Waals surface area contributed by atoms with Crippen LogP contribution in [0.1, 0.15) is 19.4 Å². The number of anilines is 1. The van der Waals surface area contributed by atoms with Crippen LogP contribution in [0.15, 0.2) is 65.1 Å². The molecule has 166 valence electrons. The molecule has 3 aromatic carbocycles. The van der Waals surface area contributed by atoms with Gasteiger partial charge < -0.3 is 19.1 Å². The van der Waals surface area contributed by atoms with Gasteiger partial charge in [0.25, 0.3) is 0 Å². The Bertz CT molecular complexity index is 1130. The first-order valence-electron chi connectivity index (χ1n) is 9.63. The van der Waals surface area contributed by atoms with Gasteiger partial charge in [0.2, 0.25) is 5.91 Å². The van der Waals surface area contributed by atoms with Gasteiger partial charge in [0.1, 0.15) is 23.1 Å². The Morgan fingerprint density at radius 3 is 2.22 bits per heavy atom. The third-order valence-electron chi connectivity index (χ3n) is 4.48. The zero-order chi connectivity index (χ0) is 23.3. The molecule has 0 bridgehead atoms. The van der Waals surface area contributed by atoms with Gasteiger partial charge in [-0.3, -0.25) is 9.59 Å². The number of methoxy groups -OCH3 is 1. The molecule has 0 fully saturated rings. The van der Waals surface area contributed by atoms with Crippen molar-refractivity contribution in [1.29, 1.82) is 0 Å². The van der Waals surface area contributed by atoms with Crippen molar-refractivity contribution in [3.05, 3.63) is 76.5 Å². The van der Waals surface area contributed by atoms with E-state index < -0.39 is 11.8 Å². The number of carbonyl (C=O) groups is 2. The molecule has 0 radical (unpaired) electrons. The number of rotatable bonds is 7. The van der Waals surface area contributed by atoms with Gasteiger partial charge in [-0.25, -0.2) is 4.39 Å². The summed E-state index contributed by atoms with van der Waals surface area (Å²) in [5.74, 6) is 0.220. The minimum Gasteiger partial charge on any atom is -0.497 e. The molecule has 8 heteroatoms. The Kier molecular flexibility index (Phi) is 7.48.